The fourth-order valence-electron chi connectivity index (χ4n) is 4.22. The molecule has 7 nitrogen and oxygen atoms in total. The number of hydrogen-bond acceptors (Lipinski definition) is 4. The Kier molecular flexibility index (Phi) is 5.85. The molecule has 1 saturated heterocycles. The Morgan fingerprint density at radius 1 is 1.10 bits per heavy atom. The molecule has 0 bridgehead atoms. The van der Waals surface area contributed by atoms with Crippen LogP contribution in [0.2, 0.25) is 0 Å². The number of sulfonamides is 1. The molecule has 2 aliphatic rings. The van der Waals surface area contributed by atoms with Gasteiger partial charge in [0, 0.05) is 24.3 Å². The molecule has 0 aromatic heterocycles. The van der Waals surface area contributed by atoms with Crippen molar-refractivity contribution in [2.75, 3.05) is 17.2 Å². The summed E-state index contributed by atoms with van der Waals surface area (Å²) in [7, 11) is -3.84. The molecule has 0 spiro atoms. The lowest BCUT2D eigenvalue weighted by atomic mass is 10.1. The summed E-state index contributed by atoms with van der Waals surface area (Å²) in [5.74, 6) is -0.367. The Bertz CT molecular complexity index is 1140. The first kappa shape index (κ1) is 21.5. The molecular weight excluding hydrogens is 414 g/mol. The molecule has 4 rings (SSSR count). The molecule has 2 aliphatic heterocycles. The maximum absolute atomic E-state index is 13.4. The highest BCUT2D eigenvalue weighted by Crippen LogP contribution is 2.31. The van der Waals surface area contributed by atoms with Crippen molar-refractivity contribution in [1.82, 2.24) is 4.31 Å². The number of aryl methyl sites for hydroxylation is 3. The number of anilines is 2. The van der Waals surface area contributed by atoms with Crippen LogP contribution < -0.4 is 10.6 Å². The van der Waals surface area contributed by atoms with Crippen LogP contribution in [-0.4, -0.2) is 37.1 Å². The smallest absolute Gasteiger partial charge is 0.243 e. The topological polar surface area (TPSA) is 95.6 Å². The highest BCUT2D eigenvalue weighted by atomic mass is 32.2. The average Bonchev–Trinajstić information content (AvgIpc) is 3.15. The van der Waals surface area contributed by atoms with Gasteiger partial charge in [-0.25, -0.2) is 8.42 Å². The zero-order chi connectivity index (χ0) is 22.2. The van der Waals surface area contributed by atoms with Gasteiger partial charge in [-0.1, -0.05) is 12.1 Å². The van der Waals surface area contributed by atoms with Crippen molar-refractivity contribution in [3.63, 3.8) is 0 Å². The minimum Gasteiger partial charge on any atom is -0.326 e. The second kappa shape index (κ2) is 8.43. The van der Waals surface area contributed by atoms with Gasteiger partial charge in [-0.15, -0.1) is 0 Å². The summed E-state index contributed by atoms with van der Waals surface area (Å²) < 4.78 is 28.1. The number of carbonyl (C=O) groups excluding carboxylic acids is 2. The normalized spacial score (nSPS) is 19.4. The molecule has 2 heterocycles. The zero-order valence-corrected chi connectivity index (χ0v) is 18.6. The summed E-state index contributed by atoms with van der Waals surface area (Å²) in [4.78, 5) is 24.9. The Hall–Kier alpha value is -2.71. The van der Waals surface area contributed by atoms with E-state index in [4.69, 9.17) is 0 Å². The third-order valence-electron chi connectivity index (χ3n) is 5.96. The van der Waals surface area contributed by atoms with E-state index in [0.29, 0.717) is 50.0 Å². The van der Waals surface area contributed by atoms with Crippen molar-refractivity contribution in [3.8, 4) is 0 Å². The fraction of sp³-hybridized carbons (Fsp3) is 0.391. The maximum atomic E-state index is 13.4. The van der Waals surface area contributed by atoms with Crippen LogP contribution in [0.4, 0.5) is 11.4 Å². The quantitative estimate of drug-likeness (QED) is 0.760. The molecule has 0 saturated carbocycles. The number of rotatable bonds is 4. The molecular formula is C23H27N3O4S. The van der Waals surface area contributed by atoms with Gasteiger partial charge in [0.05, 0.1) is 4.90 Å². The van der Waals surface area contributed by atoms with Crippen LogP contribution in [0.15, 0.2) is 41.3 Å². The minimum absolute atomic E-state index is 0.0583. The van der Waals surface area contributed by atoms with Gasteiger partial charge in [-0.3, -0.25) is 9.59 Å². The van der Waals surface area contributed by atoms with Gasteiger partial charge in [-0.2, -0.15) is 4.31 Å². The first-order chi connectivity index (χ1) is 14.8. The minimum atomic E-state index is -3.84. The predicted molar refractivity (Wildman–Crippen MR) is 119 cm³/mol. The predicted octanol–water partition coefficient (Wildman–Crippen LogP) is 3.37. The number of benzene rings is 2. The molecule has 8 heteroatoms. The highest BCUT2D eigenvalue weighted by Gasteiger charge is 2.39. The van der Waals surface area contributed by atoms with Crippen molar-refractivity contribution < 1.29 is 18.0 Å². The number of nitrogens with zero attached hydrogens (tertiary/aromatic N) is 1. The summed E-state index contributed by atoms with van der Waals surface area (Å²) in [6, 6.07) is 9.84. The second-order valence-electron chi connectivity index (χ2n) is 8.30. The number of nitrogens with one attached hydrogen (secondary N) is 2. The largest absolute Gasteiger partial charge is 0.326 e. The first-order valence-electron chi connectivity index (χ1n) is 10.6. The standard InChI is InChI=1S/C23H27N3O4S/c1-15-8-9-16(2)20(13-15)25-23(28)21-6-4-12-26(21)31(29,30)18-10-11-19-17(14-18)5-3-7-22(27)24-19/h8-11,13-14,21H,3-7,12H2,1-2H3,(H,24,27)(H,25,28)/t21-/m1/s1. The average molecular weight is 442 g/mol. The van der Waals surface area contributed by atoms with Crippen LogP contribution in [0, 0.1) is 13.8 Å². The van der Waals surface area contributed by atoms with Crippen molar-refractivity contribution in [2.45, 2.75) is 56.9 Å². The Labute approximate surface area is 182 Å². The first-order valence-corrected chi connectivity index (χ1v) is 12.0. The SMILES string of the molecule is Cc1ccc(C)c(NC(=O)[C@H]2CCCN2S(=O)(=O)c2ccc3c(c2)CCCC(=O)N3)c1. The lowest BCUT2D eigenvalue weighted by Crippen LogP contribution is -2.43. The van der Waals surface area contributed by atoms with Gasteiger partial charge in [0.15, 0.2) is 0 Å². The van der Waals surface area contributed by atoms with E-state index >= 15 is 0 Å². The third-order valence-corrected chi connectivity index (χ3v) is 7.87. The van der Waals surface area contributed by atoms with Gasteiger partial charge in [0.25, 0.3) is 0 Å². The van der Waals surface area contributed by atoms with E-state index in [2.05, 4.69) is 10.6 Å². The Morgan fingerprint density at radius 3 is 2.71 bits per heavy atom. The second-order valence-corrected chi connectivity index (χ2v) is 10.2. The number of fused-ring (bicyclic) bond motifs is 1. The molecule has 1 atom stereocenters. The highest BCUT2D eigenvalue weighted by molar-refractivity contribution is 7.89. The van der Waals surface area contributed by atoms with E-state index in [0.717, 1.165) is 16.7 Å². The van der Waals surface area contributed by atoms with E-state index in [1.165, 1.54) is 10.4 Å². The van der Waals surface area contributed by atoms with Gasteiger partial charge in [0.1, 0.15) is 6.04 Å². The van der Waals surface area contributed by atoms with Crippen LogP contribution in [0.25, 0.3) is 0 Å². The van der Waals surface area contributed by atoms with Gasteiger partial charge in [0.2, 0.25) is 21.8 Å². The summed E-state index contributed by atoms with van der Waals surface area (Å²) in [5.41, 5.74) is 4.12. The monoisotopic (exact) mass is 441 g/mol. The zero-order valence-electron chi connectivity index (χ0n) is 17.8. The molecule has 2 aromatic rings. The summed E-state index contributed by atoms with van der Waals surface area (Å²) in [6.07, 6.45) is 2.84. The molecule has 0 radical (unpaired) electrons. The number of amides is 2. The summed E-state index contributed by atoms with van der Waals surface area (Å²) in [6.45, 7) is 4.16. The van der Waals surface area contributed by atoms with Crippen LogP contribution in [-0.2, 0) is 26.0 Å². The lowest BCUT2D eigenvalue weighted by molar-refractivity contribution is -0.119. The summed E-state index contributed by atoms with van der Waals surface area (Å²) >= 11 is 0. The van der Waals surface area contributed by atoms with Gasteiger partial charge in [-0.05, 0) is 80.5 Å². The van der Waals surface area contributed by atoms with E-state index in [9.17, 15) is 18.0 Å². The van der Waals surface area contributed by atoms with Crippen LogP contribution >= 0.6 is 0 Å². The molecule has 1 fully saturated rings. The van der Waals surface area contributed by atoms with Crippen LogP contribution in [0.1, 0.15) is 42.4 Å². The Morgan fingerprint density at radius 2 is 1.90 bits per heavy atom. The maximum Gasteiger partial charge on any atom is 0.243 e. The fourth-order valence-corrected chi connectivity index (χ4v) is 5.93. The molecule has 0 aliphatic carbocycles. The molecule has 2 N–H and O–H groups in total. The molecule has 31 heavy (non-hydrogen) atoms. The van der Waals surface area contributed by atoms with Crippen LogP contribution in [0.3, 0.4) is 0 Å². The van der Waals surface area contributed by atoms with Gasteiger partial charge >= 0.3 is 0 Å². The van der Waals surface area contributed by atoms with Crippen molar-refractivity contribution in [3.05, 3.63) is 53.1 Å². The van der Waals surface area contributed by atoms with E-state index in [1.54, 1.807) is 12.1 Å². The number of carbonyl (C=O) groups is 2. The third kappa shape index (κ3) is 4.36. The van der Waals surface area contributed by atoms with Gasteiger partial charge < -0.3 is 10.6 Å². The van der Waals surface area contributed by atoms with Crippen molar-refractivity contribution >= 4 is 33.2 Å². The number of hydrogen-bond donors (Lipinski definition) is 2. The lowest BCUT2D eigenvalue weighted by Gasteiger charge is -2.24. The van der Waals surface area contributed by atoms with E-state index in [-0.39, 0.29) is 16.7 Å². The van der Waals surface area contributed by atoms with Crippen molar-refractivity contribution in [1.29, 1.82) is 0 Å². The Balaban J connectivity index is 1.59. The van der Waals surface area contributed by atoms with Crippen molar-refractivity contribution in [2.24, 2.45) is 0 Å². The molecule has 2 aromatic carbocycles. The van der Waals surface area contributed by atoms with Crippen LogP contribution in [0.5, 0.6) is 0 Å². The van der Waals surface area contributed by atoms with E-state index in [1.807, 2.05) is 32.0 Å². The molecule has 2 amide bonds. The summed E-state index contributed by atoms with van der Waals surface area (Å²) in [5, 5.41) is 5.74. The van der Waals surface area contributed by atoms with E-state index < -0.39 is 16.1 Å². The molecule has 164 valence electrons. The molecule has 0 unspecified atom stereocenters.